The molecule has 4 heteroatoms. The quantitative estimate of drug-likeness (QED) is 0.799. The van der Waals surface area contributed by atoms with Crippen LogP contribution in [-0.2, 0) is 6.54 Å². The van der Waals surface area contributed by atoms with E-state index in [4.69, 9.17) is 11.5 Å². The molecule has 1 aliphatic rings. The maximum Gasteiger partial charge on any atom is 0.248 e. The lowest BCUT2D eigenvalue weighted by Gasteiger charge is -2.33. The second-order valence-electron chi connectivity index (χ2n) is 5.09. The maximum absolute atomic E-state index is 11.1. The van der Waals surface area contributed by atoms with Crippen molar-refractivity contribution in [2.75, 3.05) is 12.3 Å². The Hall–Kier alpha value is -1.55. The van der Waals surface area contributed by atoms with Crippen molar-refractivity contribution >= 4 is 11.6 Å². The van der Waals surface area contributed by atoms with E-state index in [-0.39, 0.29) is 0 Å². The molecule has 0 aromatic heterocycles. The van der Waals surface area contributed by atoms with E-state index >= 15 is 0 Å². The SMILES string of the molecule is CC1CCCCN1Cc1ccc(C(N)=O)cc1N. The number of amides is 1. The number of carbonyl (C=O) groups is 1. The third-order valence-electron chi connectivity index (χ3n) is 3.74. The van der Waals surface area contributed by atoms with E-state index in [1.54, 1.807) is 12.1 Å². The van der Waals surface area contributed by atoms with Gasteiger partial charge in [-0.25, -0.2) is 0 Å². The Morgan fingerprint density at radius 2 is 2.22 bits per heavy atom. The molecule has 4 N–H and O–H groups in total. The van der Waals surface area contributed by atoms with Gasteiger partial charge in [-0.2, -0.15) is 0 Å². The van der Waals surface area contributed by atoms with E-state index in [2.05, 4.69) is 11.8 Å². The van der Waals surface area contributed by atoms with Crippen LogP contribution in [0.5, 0.6) is 0 Å². The first-order chi connectivity index (χ1) is 8.58. The number of anilines is 1. The Kier molecular flexibility index (Phi) is 3.87. The number of hydrogen-bond donors (Lipinski definition) is 2. The molecule has 2 rings (SSSR count). The van der Waals surface area contributed by atoms with Gasteiger partial charge in [-0.1, -0.05) is 12.5 Å². The zero-order valence-electron chi connectivity index (χ0n) is 10.9. The number of nitrogens with zero attached hydrogens (tertiary/aromatic N) is 1. The Morgan fingerprint density at radius 3 is 2.83 bits per heavy atom. The number of nitrogens with two attached hydrogens (primary N) is 2. The summed E-state index contributed by atoms with van der Waals surface area (Å²) in [7, 11) is 0. The predicted octanol–water partition coefficient (Wildman–Crippen LogP) is 1.74. The van der Waals surface area contributed by atoms with E-state index in [0.717, 1.165) is 18.7 Å². The first-order valence-corrected chi connectivity index (χ1v) is 6.50. The van der Waals surface area contributed by atoms with Gasteiger partial charge in [0.25, 0.3) is 0 Å². The largest absolute Gasteiger partial charge is 0.398 e. The number of likely N-dealkylation sites (tertiary alicyclic amines) is 1. The summed E-state index contributed by atoms with van der Waals surface area (Å²) in [5, 5.41) is 0. The van der Waals surface area contributed by atoms with Crippen LogP contribution in [0.25, 0.3) is 0 Å². The number of primary amides is 1. The number of hydrogen-bond acceptors (Lipinski definition) is 3. The van der Waals surface area contributed by atoms with Crippen LogP contribution < -0.4 is 11.5 Å². The third kappa shape index (κ3) is 2.82. The highest BCUT2D eigenvalue weighted by Crippen LogP contribution is 2.22. The van der Waals surface area contributed by atoms with E-state index in [9.17, 15) is 4.79 Å². The molecule has 1 saturated heterocycles. The second-order valence-corrected chi connectivity index (χ2v) is 5.09. The minimum absolute atomic E-state index is 0.431. The van der Waals surface area contributed by atoms with Crippen molar-refractivity contribution in [2.24, 2.45) is 5.73 Å². The van der Waals surface area contributed by atoms with Gasteiger partial charge in [0.15, 0.2) is 0 Å². The molecule has 1 amide bonds. The first-order valence-electron chi connectivity index (χ1n) is 6.50. The molecule has 18 heavy (non-hydrogen) atoms. The zero-order chi connectivity index (χ0) is 13.1. The van der Waals surface area contributed by atoms with Gasteiger partial charge in [-0.15, -0.1) is 0 Å². The van der Waals surface area contributed by atoms with Gasteiger partial charge in [-0.05, 0) is 44.0 Å². The van der Waals surface area contributed by atoms with Crippen LogP contribution in [0.2, 0.25) is 0 Å². The van der Waals surface area contributed by atoms with Crippen molar-refractivity contribution in [2.45, 2.75) is 38.8 Å². The van der Waals surface area contributed by atoms with Crippen molar-refractivity contribution in [3.63, 3.8) is 0 Å². The number of benzene rings is 1. The molecule has 0 saturated carbocycles. The minimum atomic E-state index is -0.431. The fraction of sp³-hybridized carbons (Fsp3) is 0.500. The summed E-state index contributed by atoms with van der Waals surface area (Å²) in [4.78, 5) is 13.5. The molecular formula is C14H21N3O. The molecule has 0 bridgehead atoms. The average Bonchev–Trinajstić information content (AvgIpc) is 2.34. The van der Waals surface area contributed by atoms with Crippen LogP contribution in [0.4, 0.5) is 5.69 Å². The first kappa shape index (κ1) is 12.9. The Bertz CT molecular complexity index is 445. The van der Waals surface area contributed by atoms with E-state index in [0.29, 0.717) is 17.3 Å². The summed E-state index contributed by atoms with van der Waals surface area (Å²) in [6, 6.07) is 5.94. The van der Waals surface area contributed by atoms with Crippen LogP contribution in [0.1, 0.15) is 42.1 Å². The highest BCUT2D eigenvalue weighted by Gasteiger charge is 2.19. The van der Waals surface area contributed by atoms with E-state index < -0.39 is 5.91 Å². The Labute approximate surface area is 108 Å². The second kappa shape index (κ2) is 5.40. The highest BCUT2D eigenvalue weighted by atomic mass is 16.1. The predicted molar refractivity (Wildman–Crippen MR) is 73.1 cm³/mol. The van der Waals surface area contributed by atoms with Crippen molar-refractivity contribution in [1.82, 2.24) is 4.90 Å². The third-order valence-corrected chi connectivity index (χ3v) is 3.74. The zero-order valence-corrected chi connectivity index (χ0v) is 10.9. The molecule has 1 aliphatic heterocycles. The Morgan fingerprint density at radius 1 is 1.44 bits per heavy atom. The molecule has 0 aliphatic carbocycles. The summed E-state index contributed by atoms with van der Waals surface area (Å²) in [6.07, 6.45) is 3.82. The minimum Gasteiger partial charge on any atom is -0.398 e. The molecule has 1 unspecified atom stereocenters. The smallest absolute Gasteiger partial charge is 0.248 e. The molecule has 4 nitrogen and oxygen atoms in total. The summed E-state index contributed by atoms with van der Waals surface area (Å²) >= 11 is 0. The van der Waals surface area contributed by atoms with Crippen molar-refractivity contribution in [3.8, 4) is 0 Å². The molecular weight excluding hydrogens is 226 g/mol. The van der Waals surface area contributed by atoms with Gasteiger partial charge in [-0.3, -0.25) is 9.69 Å². The van der Waals surface area contributed by atoms with Gasteiger partial charge in [0.1, 0.15) is 0 Å². The lowest BCUT2D eigenvalue weighted by atomic mass is 10.0. The van der Waals surface area contributed by atoms with Crippen LogP contribution in [-0.4, -0.2) is 23.4 Å². The average molecular weight is 247 g/mol. The van der Waals surface area contributed by atoms with Crippen LogP contribution in [0, 0.1) is 0 Å². The molecule has 1 atom stereocenters. The van der Waals surface area contributed by atoms with Crippen molar-refractivity contribution < 1.29 is 4.79 Å². The molecule has 1 fully saturated rings. The fourth-order valence-corrected chi connectivity index (χ4v) is 2.50. The summed E-state index contributed by atoms with van der Waals surface area (Å²) in [5.74, 6) is -0.431. The van der Waals surface area contributed by atoms with Crippen LogP contribution in [0.15, 0.2) is 18.2 Å². The number of rotatable bonds is 3. The summed E-state index contributed by atoms with van der Waals surface area (Å²) in [6.45, 7) is 4.23. The van der Waals surface area contributed by atoms with Gasteiger partial charge >= 0.3 is 0 Å². The highest BCUT2D eigenvalue weighted by molar-refractivity contribution is 5.93. The summed E-state index contributed by atoms with van der Waals surface area (Å²) < 4.78 is 0. The van der Waals surface area contributed by atoms with Crippen molar-refractivity contribution in [1.29, 1.82) is 0 Å². The number of piperidine rings is 1. The molecule has 1 aromatic rings. The van der Waals surface area contributed by atoms with Crippen molar-refractivity contribution in [3.05, 3.63) is 29.3 Å². The molecule has 1 aromatic carbocycles. The van der Waals surface area contributed by atoms with Gasteiger partial charge < -0.3 is 11.5 Å². The lowest BCUT2D eigenvalue weighted by Crippen LogP contribution is -2.36. The Balaban J connectivity index is 2.11. The number of carbonyl (C=O) groups excluding carboxylic acids is 1. The van der Waals surface area contributed by atoms with E-state index in [1.165, 1.54) is 19.3 Å². The van der Waals surface area contributed by atoms with Gasteiger partial charge in [0.2, 0.25) is 5.91 Å². The normalized spacial score (nSPS) is 20.8. The van der Waals surface area contributed by atoms with Crippen LogP contribution >= 0.6 is 0 Å². The standard InChI is InChI=1S/C14H21N3O/c1-10-4-2-3-7-17(10)9-12-6-5-11(14(16)18)8-13(12)15/h5-6,8,10H,2-4,7,9,15H2,1H3,(H2,16,18). The molecule has 0 radical (unpaired) electrons. The lowest BCUT2D eigenvalue weighted by molar-refractivity contribution is 0.1000. The summed E-state index contributed by atoms with van der Waals surface area (Å²) in [5.41, 5.74) is 13.4. The topological polar surface area (TPSA) is 72.3 Å². The molecule has 0 spiro atoms. The molecule has 1 heterocycles. The molecule has 98 valence electrons. The maximum atomic E-state index is 11.1. The van der Waals surface area contributed by atoms with Gasteiger partial charge in [0.05, 0.1) is 0 Å². The van der Waals surface area contributed by atoms with Crippen LogP contribution in [0.3, 0.4) is 0 Å². The number of nitrogen functional groups attached to an aromatic ring is 1. The van der Waals surface area contributed by atoms with Gasteiger partial charge in [0, 0.05) is 23.8 Å². The fourth-order valence-electron chi connectivity index (χ4n) is 2.50. The monoisotopic (exact) mass is 247 g/mol. The van der Waals surface area contributed by atoms with E-state index in [1.807, 2.05) is 6.07 Å².